The highest BCUT2D eigenvalue weighted by atomic mass is 79.9. The summed E-state index contributed by atoms with van der Waals surface area (Å²) in [4.78, 5) is 14.8. The summed E-state index contributed by atoms with van der Waals surface area (Å²) in [6.45, 7) is 0. The Bertz CT molecular complexity index is 820. The highest BCUT2D eigenvalue weighted by Crippen LogP contribution is 2.45. The molecule has 0 spiro atoms. The number of nitrogens with one attached hydrogen (secondary N) is 1. The normalized spacial score (nSPS) is 19.7. The number of carbonyl (C=O) groups excluding carboxylic acids is 1. The number of ether oxygens (including phenoxy) is 1. The van der Waals surface area contributed by atoms with Crippen LogP contribution < -0.4 is 10.1 Å². The molecule has 4 rings (SSSR count). The second-order valence-electron chi connectivity index (χ2n) is 6.08. The molecule has 0 bridgehead atoms. The molecule has 1 aliphatic carbocycles. The maximum atomic E-state index is 13.0. The van der Waals surface area contributed by atoms with E-state index in [2.05, 4.69) is 21.2 Å². The Labute approximate surface area is 148 Å². The molecule has 6 heteroatoms. The van der Waals surface area contributed by atoms with Gasteiger partial charge in [0.25, 0.3) is 5.91 Å². The van der Waals surface area contributed by atoms with E-state index in [0.717, 1.165) is 23.0 Å². The van der Waals surface area contributed by atoms with Crippen molar-refractivity contribution < 1.29 is 14.6 Å². The zero-order chi connectivity index (χ0) is 16.8. The fourth-order valence-electron chi connectivity index (χ4n) is 3.18. The zero-order valence-corrected chi connectivity index (χ0v) is 14.7. The average molecular weight is 389 g/mol. The van der Waals surface area contributed by atoms with Crippen LogP contribution in [0.5, 0.6) is 11.5 Å². The standard InChI is InChI=1S/C18H17BrN2O3/c1-24-15-9-10(19)8-13(16(15)22)17-20-14-5-3-2-4-12(14)18(23)21(17)11-6-7-11/h2-5,8-9,11,17,20,22H,6-7H2,1H3. The number of rotatable bonds is 3. The van der Waals surface area contributed by atoms with Crippen LogP contribution in [0.4, 0.5) is 5.69 Å². The Balaban J connectivity index is 1.85. The lowest BCUT2D eigenvalue weighted by atomic mass is 10.0. The Kier molecular flexibility index (Phi) is 3.64. The number of nitrogens with zero attached hydrogens (tertiary/aromatic N) is 1. The minimum atomic E-state index is -0.425. The fourth-order valence-corrected chi connectivity index (χ4v) is 3.64. The molecule has 1 atom stereocenters. The van der Waals surface area contributed by atoms with Crippen molar-refractivity contribution in [2.45, 2.75) is 25.0 Å². The van der Waals surface area contributed by atoms with E-state index in [1.54, 1.807) is 6.07 Å². The van der Waals surface area contributed by atoms with Gasteiger partial charge in [0.05, 0.1) is 12.7 Å². The topological polar surface area (TPSA) is 61.8 Å². The molecular formula is C18H17BrN2O3. The minimum Gasteiger partial charge on any atom is -0.504 e. The van der Waals surface area contributed by atoms with Crippen LogP contribution in [0, 0.1) is 0 Å². The molecule has 1 saturated carbocycles. The molecule has 124 valence electrons. The van der Waals surface area contributed by atoms with Crippen molar-refractivity contribution in [3.05, 3.63) is 52.0 Å². The van der Waals surface area contributed by atoms with Gasteiger partial charge in [0, 0.05) is 21.8 Å². The number of fused-ring (bicyclic) bond motifs is 1. The SMILES string of the molecule is COc1cc(Br)cc(C2Nc3ccccc3C(=O)N2C2CC2)c1O. The molecule has 0 aromatic heterocycles. The second-order valence-corrected chi connectivity index (χ2v) is 7.00. The maximum Gasteiger partial charge on any atom is 0.258 e. The predicted molar refractivity (Wildman–Crippen MR) is 94.4 cm³/mol. The summed E-state index contributed by atoms with van der Waals surface area (Å²) >= 11 is 3.45. The van der Waals surface area contributed by atoms with Gasteiger partial charge < -0.3 is 20.1 Å². The molecule has 2 N–H and O–H groups in total. The van der Waals surface area contributed by atoms with Crippen molar-refractivity contribution in [2.75, 3.05) is 12.4 Å². The largest absolute Gasteiger partial charge is 0.504 e. The third kappa shape index (κ3) is 2.41. The number of methoxy groups -OCH3 is 1. The van der Waals surface area contributed by atoms with Crippen molar-refractivity contribution in [2.24, 2.45) is 0 Å². The molecule has 1 fully saturated rings. The Morgan fingerprint density at radius 1 is 1.29 bits per heavy atom. The van der Waals surface area contributed by atoms with E-state index in [-0.39, 0.29) is 17.7 Å². The Morgan fingerprint density at radius 3 is 2.75 bits per heavy atom. The molecule has 1 aliphatic heterocycles. The van der Waals surface area contributed by atoms with Gasteiger partial charge in [0.1, 0.15) is 6.17 Å². The summed E-state index contributed by atoms with van der Waals surface area (Å²) in [7, 11) is 1.51. The van der Waals surface area contributed by atoms with Crippen LogP contribution >= 0.6 is 15.9 Å². The minimum absolute atomic E-state index is 0.00445. The number of aromatic hydroxyl groups is 1. The van der Waals surface area contributed by atoms with Gasteiger partial charge in [-0.3, -0.25) is 4.79 Å². The molecule has 0 saturated heterocycles. The molecule has 5 nitrogen and oxygen atoms in total. The van der Waals surface area contributed by atoms with E-state index in [0.29, 0.717) is 16.9 Å². The monoisotopic (exact) mass is 388 g/mol. The van der Waals surface area contributed by atoms with Crippen LogP contribution in [0.2, 0.25) is 0 Å². The van der Waals surface area contributed by atoms with Crippen molar-refractivity contribution in [1.29, 1.82) is 0 Å². The van der Waals surface area contributed by atoms with Crippen molar-refractivity contribution in [1.82, 2.24) is 4.90 Å². The molecule has 2 aromatic carbocycles. The van der Waals surface area contributed by atoms with E-state index in [9.17, 15) is 9.90 Å². The van der Waals surface area contributed by atoms with Gasteiger partial charge in [0.2, 0.25) is 0 Å². The summed E-state index contributed by atoms with van der Waals surface area (Å²) in [6, 6.07) is 11.2. The fraction of sp³-hybridized carbons (Fsp3) is 0.278. The number of carbonyl (C=O) groups is 1. The van der Waals surface area contributed by atoms with Crippen LogP contribution in [0.15, 0.2) is 40.9 Å². The first kappa shape index (κ1) is 15.3. The van der Waals surface area contributed by atoms with Crippen LogP contribution in [-0.4, -0.2) is 29.1 Å². The smallest absolute Gasteiger partial charge is 0.258 e. The van der Waals surface area contributed by atoms with Crippen molar-refractivity contribution in [3.8, 4) is 11.5 Å². The molecule has 0 radical (unpaired) electrons. The number of para-hydroxylation sites is 1. The molecule has 1 amide bonds. The average Bonchev–Trinajstić information content (AvgIpc) is 3.41. The van der Waals surface area contributed by atoms with Gasteiger partial charge >= 0.3 is 0 Å². The number of anilines is 1. The predicted octanol–water partition coefficient (Wildman–Crippen LogP) is 3.89. The highest BCUT2D eigenvalue weighted by Gasteiger charge is 2.43. The van der Waals surface area contributed by atoms with Gasteiger partial charge in [-0.25, -0.2) is 0 Å². The third-order valence-electron chi connectivity index (χ3n) is 4.49. The Hall–Kier alpha value is -2.21. The van der Waals surface area contributed by atoms with Gasteiger partial charge in [-0.05, 0) is 37.1 Å². The molecule has 2 aliphatic rings. The molecule has 2 aromatic rings. The first-order chi connectivity index (χ1) is 11.6. The van der Waals surface area contributed by atoms with Gasteiger partial charge in [-0.15, -0.1) is 0 Å². The van der Waals surface area contributed by atoms with Gasteiger partial charge in [0.15, 0.2) is 11.5 Å². The van der Waals surface area contributed by atoms with Crippen molar-refractivity contribution >= 4 is 27.5 Å². The van der Waals surface area contributed by atoms with Crippen molar-refractivity contribution in [3.63, 3.8) is 0 Å². The molecule has 1 unspecified atom stereocenters. The van der Waals surface area contributed by atoms with E-state index >= 15 is 0 Å². The zero-order valence-electron chi connectivity index (χ0n) is 13.1. The number of hydrogen-bond acceptors (Lipinski definition) is 4. The highest BCUT2D eigenvalue weighted by molar-refractivity contribution is 9.10. The number of hydrogen-bond donors (Lipinski definition) is 2. The second kappa shape index (κ2) is 5.70. The quantitative estimate of drug-likeness (QED) is 0.836. The summed E-state index contributed by atoms with van der Waals surface area (Å²) in [5.41, 5.74) is 2.07. The lowest BCUT2D eigenvalue weighted by Crippen LogP contribution is -2.44. The Morgan fingerprint density at radius 2 is 2.04 bits per heavy atom. The van der Waals surface area contributed by atoms with Crippen LogP contribution in [-0.2, 0) is 0 Å². The lowest BCUT2D eigenvalue weighted by molar-refractivity contribution is 0.0664. The van der Waals surface area contributed by atoms with E-state index in [4.69, 9.17) is 4.74 Å². The number of phenolic OH excluding ortho intramolecular Hbond substituents is 1. The van der Waals surface area contributed by atoms with Crippen LogP contribution in [0.1, 0.15) is 34.9 Å². The third-order valence-corrected chi connectivity index (χ3v) is 4.94. The molecule has 1 heterocycles. The summed E-state index contributed by atoms with van der Waals surface area (Å²) < 4.78 is 6.04. The number of phenols is 1. The summed E-state index contributed by atoms with van der Waals surface area (Å²) in [5, 5.41) is 14.0. The van der Waals surface area contributed by atoms with Crippen LogP contribution in [0.25, 0.3) is 0 Å². The first-order valence-corrected chi connectivity index (χ1v) is 8.64. The summed E-state index contributed by atoms with van der Waals surface area (Å²) in [5.74, 6) is 0.425. The number of benzene rings is 2. The molecule has 24 heavy (non-hydrogen) atoms. The number of halogens is 1. The van der Waals surface area contributed by atoms with Gasteiger partial charge in [-0.2, -0.15) is 0 Å². The van der Waals surface area contributed by atoms with E-state index in [1.807, 2.05) is 35.2 Å². The molecular weight excluding hydrogens is 372 g/mol. The van der Waals surface area contributed by atoms with E-state index < -0.39 is 6.17 Å². The lowest BCUT2D eigenvalue weighted by Gasteiger charge is -2.38. The first-order valence-electron chi connectivity index (χ1n) is 7.84. The van der Waals surface area contributed by atoms with Gasteiger partial charge in [-0.1, -0.05) is 28.1 Å². The summed E-state index contributed by atoms with van der Waals surface area (Å²) in [6.07, 6.45) is 1.54. The number of amides is 1. The van der Waals surface area contributed by atoms with Crippen LogP contribution in [0.3, 0.4) is 0 Å². The maximum absolute atomic E-state index is 13.0. The van der Waals surface area contributed by atoms with E-state index in [1.165, 1.54) is 7.11 Å².